The summed E-state index contributed by atoms with van der Waals surface area (Å²) < 4.78 is 31.1. The Kier molecular flexibility index (Phi) is 5.81. The average Bonchev–Trinajstić information content (AvgIpc) is 2.54. The molecule has 0 atom stereocenters. The van der Waals surface area contributed by atoms with Crippen molar-refractivity contribution in [3.8, 4) is 5.75 Å². The van der Waals surface area contributed by atoms with Crippen LogP contribution in [-0.4, -0.2) is 26.3 Å². The zero-order chi connectivity index (χ0) is 16.7. The number of rotatable bonds is 8. The molecule has 23 heavy (non-hydrogen) atoms. The zero-order valence-corrected chi connectivity index (χ0v) is 14.1. The van der Waals surface area contributed by atoms with Gasteiger partial charge in [-0.05, 0) is 24.6 Å². The van der Waals surface area contributed by atoms with E-state index in [2.05, 4.69) is 15.0 Å². The van der Waals surface area contributed by atoms with Crippen LogP contribution < -0.4 is 14.8 Å². The second-order valence-corrected chi connectivity index (χ2v) is 6.86. The predicted molar refractivity (Wildman–Crippen MR) is 92.3 cm³/mol. The molecule has 0 aliphatic heterocycles. The second-order valence-electron chi connectivity index (χ2n) is 5.02. The lowest BCUT2D eigenvalue weighted by molar-refractivity contribution is 0.410. The Hall–Kier alpha value is -2.28. The fourth-order valence-corrected chi connectivity index (χ4v) is 3.16. The van der Waals surface area contributed by atoms with Crippen LogP contribution in [0.3, 0.4) is 0 Å². The Morgan fingerprint density at radius 2 is 1.96 bits per heavy atom. The molecule has 0 fully saturated rings. The maximum atomic E-state index is 11.7. The molecule has 7 heteroatoms. The summed E-state index contributed by atoms with van der Waals surface area (Å²) in [4.78, 5) is 4.12. The summed E-state index contributed by atoms with van der Waals surface area (Å²) in [6, 6.07) is 11.2. The molecule has 0 saturated heterocycles. The standard InChI is InChI=1S/C16H21N3O3S/c1-3-10-23(20,21)19-16-9-8-14(12-18-16)17-11-13-6-4-5-7-15(13)22-2/h4-9,12,17H,3,10-11H2,1-2H3,(H,18,19). The van der Waals surface area contributed by atoms with Gasteiger partial charge in [0.25, 0.3) is 0 Å². The van der Waals surface area contributed by atoms with Crippen LogP contribution in [0.15, 0.2) is 42.6 Å². The fourth-order valence-electron chi connectivity index (χ4n) is 2.08. The molecule has 0 unspecified atom stereocenters. The molecule has 0 bridgehead atoms. The molecule has 1 aromatic heterocycles. The third-order valence-electron chi connectivity index (χ3n) is 3.17. The van der Waals surface area contributed by atoms with E-state index >= 15 is 0 Å². The molecule has 0 radical (unpaired) electrons. The van der Waals surface area contributed by atoms with Crippen LogP contribution in [0, 0.1) is 0 Å². The van der Waals surface area contributed by atoms with E-state index in [0.717, 1.165) is 17.0 Å². The number of aromatic nitrogens is 1. The van der Waals surface area contributed by atoms with Crippen LogP contribution >= 0.6 is 0 Å². The maximum absolute atomic E-state index is 11.7. The highest BCUT2D eigenvalue weighted by atomic mass is 32.2. The van der Waals surface area contributed by atoms with Crippen molar-refractivity contribution in [3.63, 3.8) is 0 Å². The molecule has 0 spiro atoms. The van der Waals surface area contributed by atoms with Gasteiger partial charge in [0.1, 0.15) is 11.6 Å². The molecule has 6 nitrogen and oxygen atoms in total. The lowest BCUT2D eigenvalue weighted by Crippen LogP contribution is -2.16. The minimum Gasteiger partial charge on any atom is -0.496 e. The predicted octanol–water partition coefficient (Wildman–Crippen LogP) is 2.85. The first-order valence-corrected chi connectivity index (χ1v) is 9.01. The van der Waals surface area contributed by atoms with Crippen LogP contribution in [0.25, 0.3) is 0 Å². The summed E-state index contributed by atoms with van der Waals surface area (Å²) in [5, 5.41) is 3.23. The topological polar surface area (TPSA) is 80.3 Å². The van der Waals surface area contributed by atoms with Crippen molar-refractivity contribution in [2.45, 2.75) is 19.9 Å². The fraction of sp³-hybridized carbons (Fsp3) is 0.312. The molecule has 1 heterocycles. The number of anilines is 2. The van der Waals surface area contributed by atoms with Gasteiger partial charge in [-0.3, -0.25) is 4.72 Å². The summed E-state index contributed by atoms with van der Waals surface area (Å²) >= 11 is 0. The van der Waals surface area contributed by atoms with Gasteiger partial charge in [-0.1, -0.05) is 25.1 Å². The van der Waals surface area contributed by atoms with Crippen molar-refractivity contribution < 1.29 is 13.2 Å². The highest BCUT2D eigenvalue weighted by Gasteiger charge is 2.09. The molecule has 0 saturated carbocycles. The molecule has 0 aliphatic carbocycles. The lowest BCUT2D eigenvalue weighted by Gasteiger charge is -2.11. The van der Waals surface area contributed by atoms with Gasteiger partial charge in [-0.2, -0.15) is 0 Å². The lowest BCUT2D eigenvalue weighted by atomic mass is 10.2. The van der Waals surface area contributed by atoms with E-state index in [1.165, 1.54) is 0 Å². The normalized spacial score (nSPS) is 11.0. The molecular weight excluding hydrogens is 314 g/mol. The average molecular weight is 335 g/mol. The monoisotopic (exact) mass is 335 g/mol. The number of nitrogens with one attached hydrogen (secondary N) is 2. The summed E-state index contributed by atoms with van der Waals surface area (Å²) in [6.07, 6.45) is 2.16. The Morgan fingerprint density at radius 3 is 2.61 bits per heavy atom. The first kappa shape index (κ1) is 17.1. The first-order chi connectivity index (χ1) is 11.0. The molecule has 124 valence electrons. The summed E-state index contributed by atoms with van der Waals surface area (Å²) in [5.74, 6) is 1.22. The van der Waals surface area contributed by atoms with E-state index in [1.807, 2.05) is 31.2 Å². The van der Waals surface area contributed by atoms with Crippen LogP contribution in [0.5, 0.6) is 5.75 Å². The van der Waals surface area contributed by atoms with E-state index in [1.54, 1.807) is 25.4 Å². The van der Waals surface area contributed by atoms with Crippen LogP contribution in [0.1, 0.15) is 18.9 Å². The molecule has 2 N–H and O–H groups in total. The van der Waals surface area contributed by atoms with E-state index in [0.29, 0.717) is 18.8 Å². The molecule has 2 rings (SSSR count). The van der Waals surface area contributed by atoms with Gasteiger partial charge in [0.2, 0.25) is 10.0 Å². The number of benzene rings is 1. The second kappa shape index (κ2) is 7.82. The highest BCUT2D eigenvalue weighted by Crippen LogP contribution is 2.19. The molecular formula is C16H21N3O3S. The van der Waals surface area contributed by atoms with Crippen molar-refractivity contribution in [1.82, 2.24) is 4.98 Å². The van der Waals surface area contributed by atoms with Gasteiger partial charge in [0.05, 0.1) is 24.7 Å². The van der Waals surface area contributed by atoms with Crippen molar-refractivity contribution in [2.75, 3.05) is 22.9 Å². The molecule has 0 aliphatic rings. The number of methoxy groups -OCH3 is 1. The van der Waals surface area contributed by atoms with Crippen LogP contribution in [-0.2, 0) is 16.6 Å². The van der Waals surface area contributed by atoms with Crippen LogP contribution in [0.4, 0.5) is 11.5 Å². The van der Waals surface area contributed by atoms with Gasteiger partial charge in [-0.25, -0.2) is 13.4 Å². The van der Waals surface area contributed by atoms with Crippen molar-refractivity contribution in [2.24, 2.45) is 0 Å². The third kappa shape index (κ3) is 5.14. The van der Waals surface area contributed by atoms with E-state index in [4.69, 9.17) is 4.74 Å². The first-order valence-electron chi connectivity index (χ1n) is 7.36. The number of nitrogens with zero attached hydrogens (tertiary/aromatic N) is 1. The Balaban J connectivity index is 1.98. The van der Waals surface area contributed by atoms with Gasteiger partial charge in [0, 0.05) is 12.1 Å². The minimum absolute atomic E-state index is 0.0858. The summed E-state index contributed by atoms with van der Waals surface area (Å²) in [6.45, 7) is 2.41. The maximum Gasteiger partial charge on any atom is 0.233 e. The molecule has 0 amide bonds. The summed E-state index contributed by atoms with van der Waals surface area (Å²) in [5.41, 5.74) is 1.83. The Labute approximate surface area is 137 Å². The van der Waals surface area contributed by atoms with E-state index in [-0.39, 0.29) is 5.75 Å². The quantitative estimate of drug-likeness (QED) is 0.775. The van der Waals surface area contributed by atoms with Crippen LogP contribution in [0.2, 0.25) is 0 Å². The molecule has 2 aromatic rings. The number of sulfonamides is 1. The van der Waals surface area contributed by atoms with E-state index in [9.17, 15) is 8.42 Å². The minimum atomic E-state index is -3.31. The van der Waals surface area contributed by atoms with Crippen molar-refractivity contribution >= 4 is 21.5 Å². The number of pyridine rings is 1. The van der Waals surface area contributed by atoms with Gasteiger partial charge in [-0.15, -0.1) is 0 Å². The van der Waals surface area contributed by atoms with Gasteiger partial charge >= 0.3 is 0 Å². The highest BCUT2D eigenvalue weighted by molar-refractivity contribution is 7.92. The van der Waals surface area contributed by atoms with Crippen molar-refractivity contribution in [3.05, 3.63) is 48.2 Å². The number of hydrogen-bond donors (Lipinski definition) is 2. The number of hydrogen-bond acceptors (Lipinski definition) is 5. The zero-order valence-electron chi connectivity index (χ0n) is 13.2. The number of para-hydroxylation sites is 1. The van der Waals surface area contributed by atoms with Gasteiger partial charge < -0.3 is 10.1 Å². The largest absolute Gasteiger partial charge is 0.496 e. The Bertz CT molecular complexity index is 730. The summed E-state index contributed by atoms with van der Waals surface area (Å²) in [7, 11) is -1.67. The van der Waals surface area contributed by atoms with Crippen molar-refractivity contribution in [1.29, 1.82) is 0 Å². The number of ether oxygens (including phenoxy) is 1. The van der Waals surface area contributed by atoms with Gasteiger partial charge in [0.15, 0.2) is 0 Å². The molecule has 1 aromatic carbocycles. The SMILES string of the molecule is CCCS(=O)(=O)Nc1ccc(NCc2ccccc2OC)cn1. The third-order valence-corrected chi connectivity index (χ3v) is 4.64. The Morgan fingerprint density at radius 1 is 1.17 bits per heavy atom. The van der Waals surface area contributed by atoms with E-state index < -0.39 is 10.0 Å². The smallest absolute Gasteiger partial charge is 0.233 e.